The molecule has 0 aromatic heterocycles. The molecule has 1 heterocycles. The zero-order chi connectivity index (χ0) is 13.0. The van der Waals surface area contributed by atoms with Crippen molar-refractivity contribution in [1.29, 1.82) is 0 Å². The lowest BCUT2D eigenvalue weighted by atomic mass is 10.0. The minimum atomic E-state index is -0.913. The van der Waals surface area contributed by atoms with Crippen molar-refractivity contribution in [3.8, 4) is 5.75 Å². The van der Waals surface area contributed by atoms with Crippen molar-refractivity contribution in [2.75, 3.05) is 6.54 Å². The second-order valence-corrected chi connectivity index (χ2v) is 4.71. The molecule has 2 atom stereocenters. The standard InChI is InChI=1S/C14H19NO3.ClH/c1-10(13-4-2-3-9-15-13)18-12-7-5-11(6-8-12)14(16)17;/h5-8,10,13,15H,2-4,9H2,1H3,(H,16,17);1H. The van der Waals surface area contributed by atoms with E-state index < -0.39 is 5.97 Å². The maximum atomic E-state index is 10.7. The largest absolute Gasteiger partial charge is 0.489 e. The van der Waals surface area contributed by atoms with Gasteiger partial charge in [0.05, 0.1) is 5.56 Å². The van der Waals surface area contributed by atoms with Crippen LogP contribution in [0.3, 0.4) is 0 Å². The predicted octanol–water partition coefficient (Wildman–Crippen LogP) is 2.72. The zero-order valence-electron chi connectivity index (χ0n) is 11.0. The predicted molar refractivity (Wildman–Crippen MR) is 76.4 cm³/mol. The van der Waals surface area contributed by atoms with Gasteiger partial charge in [-0.15, -0.1) is 12.4 Å². The number of aromatic carboxylic acids is 1. The van der Waals surface area contributed by atoms with Crippen molar-refractivity contribution < 1.29 is 14.6 Å². The minimum absolute atomic E-state index is 0. The second-order valence-electron chi connectivity index (χ2n) is 4.71. The molecular weight excluding hydrogens is 266 g/mol. The first-order valence-electron chi connectivity index (χ1n) is 6.40. The number of nitrogens with one attached hydrogen (secondary N) is 1. The van der Waals surface area contributed by atoms with Gasteiger partial charge >= 0.3 is 5.97 Å². The number of halogens is 1. The van der Waals surface area contributed by atoms with Crippen LogP contribution in [0.25, 0.3) is 0 Å². The molecule has 106 valence electrons. The summed E-state index contributed by atoms with van der Waals surface area (Å²) in [6.07, 6.45) is 3.70. The van der Waals surface area contributed by atoms with Gasteiger partial charge in [-0.3, -0.25) is 0 Å². The van der Waals surface area contributed by atoms with Crippen LogP contribution in [-0.4, -0.2) is 29.8 Å². The SMILES string of the molecule is CC(Oc1ccc(C(=O)O)cc1)C1CCCCN1.Cl. The highest BCUT2D eigenvalue weighted by atomic mass is 35.5. The monoisotopic (exact) mass is 285 g/mol. The van der Waals surface area contributed by atoms with Crippen LogP contribution in [0.1, 0.15) is 36.5 Å². The first-order valence-corrected chi connectivity index (χ1v) is 6.40. The van der Waals surface area contributed by atoms with Crippen molar-refractivity contribution in [2.45, 2.75) is 38.3 Å². The quantitative estimate of drug-likeness (QED) is 0.893. The molecule has 19 heavy (non-hydrogen) atoms. The molecular formula is C14H20ClNO3. The number of hydrogen-bond acceptors (Lipinski definition) is 3. The van der Waals surface area contributed by atoms with Gasteiger partial charge in [0, 0.05) is 6.04 Å². The highest BCUT2D eigenvalue weighted by Gasteiger charge is 2.20. The van der Waals surface area contributed by atoms with Crippen molar-refractivity contribution in [1.82, 2.24) is 5.32 Å². The van der Waals surface area contributed by atoms with E-state index in [9.17, 15) is 4.79 Å². The Morgan fingerprint density at radius 3 is 2.58 bits per heavy atom. The summed E-state index contributed by atoms with van der Waals surface area (Å²) in [5.41, 5.74) is 0.283. The van der Waals surface area contributed by atoms with E-state index in [1.807, 2.05) is 6.92 Å². The van der Waals surface area contributed by atoms with E-state index in [1.54, 1.807) is 24.3 Å². The molecule has 0 aliphatic carbocycles. The highest BCUT2D eigenvalue weighted by molar-refractivity contribution is 5.87. The summed E-state index contributed by atoms with van der Waals surface area (Å²) in [6, 6.07) is 6.95. The second kappa shape index (κ2) is 7.36. The van der Waals surface area contributed by atoms with Gasteiger partial charge in [0.25, 0.3) is 0 Å². The summed E-state index contributed by atoms with van der Waals surface area (Å²) in [5, 5.41) is 12.3. The average molecular weight is 286 g/mol. The number of carboxylic acids is 1. The minimum Gasteiger partial charge on any atom is -0.489 e. The van der Waals surface area contributed by atoms with E-state index in [0.717, 1.165) is 18.7 Å². The van der Waals surface area contributed by atoms with Crippen molar-refractivity contribution in [2.24, 2.45) is 0 Å². The molecule has 1 aromatic rings. The Hall–Kier alpha value is -1.26. The van der Waals surface area contributed by atoms with Gasteiger partial charge in [0.15, 0.2) is 0 Å². The number of ether oxygens (including phenoxy) is 1. The van der Waals surface area contributed by atoms with Gasteiger partial charge in [-0.25, -0.2) is 4.79 Å². The van der Waals surface area contributed by atoms with Crippen LogP contribution in [0.15, 0.2) is 24.3 Å². The van der Waals surface area contributed by atoms with E-state index in [4.69, 9.17) is 9.84 Å². The fourth-order valence-corrected chi connectivity index (χ4v) is 2.25. The molecule has 4 nitrogen and oxygen atoms in total. The number of piperidine rings is 1. The van der Waals surface area contributed by atoms with Crippen molar-refractivity contribution in [3.63, 3.8) is 0 Å². The summed E-state index contributed by atoms with van der Waals surface area (Å²) >= 11 is 0. The Labute approximate surface area is 119 Å². The van der Waals surface area contributed by atoms with E-state index in [2.05, 4.69) is 5.32 Å². The molecule has 0 saturated carbocycles. The Morgan fingerprint density at radius 2 is 2.05 bits per heavy atom. The zero-order valence-corrected chi connectivity index (χ0v) is 11.8. The van der Waals surface area contributed by atoms with Crippen LogP contribution in [-0.2, 0) is 0 Å². The molecule has 0 spiro atoms. The van der Waals surface area contributed by atoms with E-state index in [-0.39, 0.29) is 24.1 Å². The molecule has 2 N–H and O–H groups in total. The van der Waals surface area contributed by atoms with Gasteiger partial charge in [-0.2, -0.15) is 0 Å². The lowest BCUT2D eigenvalue weighted by Crippen LogP contribution is -2.44. The number of carboxylic acid groups (broad SMARTS) is 1. The number of hydrogen-bond donors (Lipinski definition) is 2. The molecule has 1 fully saturated rings. The summed E-state index contributed by atoms with van der Waals surface area (Å²) in [6.45, 7) is 3.10. The maximum Gasteiger partial charge on any atom is 0.335 e. The summed E-state index contributed by atoms with van der Waals surface area (Å²) in [4.78, 5) is 10.7. The molecule has 1 saturated heterocycles. The molecule has 2 rings (SSSR count). The fourth-order valence-electron chi connectivity index (χ4n) is 2.25. The van der Waals surface area contributed by atoms with Crippen LogP contribution in [0.2, 0.25) is 0 Å². The Bertz CT molecular complexity index is 402. The summed E-state index contributed by atoms with van der Waals surface area (Å²) in [7, 11) is 0. The molecule has 2 unspecified atom stereocenters. The third-order valence-corrected chi connectivity index (χ3v) is 3.34. The molecule has 0 bridgehead atoms. The molecule has 1 aliphatic rings. The normalized spacial score (nSPS) is 20.2. The van der Waals surface area contributed by atoms with E-state index >= 15 is 0 Å². The van der Waals surface area contributed by atoms with Gasteiger partial charge in [-0.05, 0) is 50.6 Å². The third-order valence-electron chi connectivity index (χ3n) is 3.34. The first kappa shape index (κ1) is 15.8. The number of carbonyl (C=O) groups is 1. The topological polar surface area (TPSA) is 58.6 Å². The smallest absolute Gasteiger partial charge is 0.335 e. The molecule has 1 aromatic carbocycles. The van der Waals surface area contributed by atoms with Gasteiger partial charge < -0.3 is 15.2 Å². The van der Waals surface area contributed by atoms with E-state index in [1.165, 1.54) is 12.8 Å². The average Bonchev–Trinajstić information content (AvgIpc) is 2.40. The fraction of sp³-hybridized carbons (Fsp3) is 0.500. The number of benzene rings is 1. The summed E-state index contributed by atoms with van der Waals surface area (Å²) < 4.78 is 5.83. The molecule has 5 heteroatoms. The van der Waals surface area contributed by atoms with Crippen LogP contribution < -0.4 is 10.1 Å². The van der Waals surface area contributed by atoms with Crippen LogP contribution >= 0.6 is 12.4 Å². The van der Waals surface area contributed by atoms with Gasteiger partial charge in [-0.1, -0.05) is 6.42 Å². The van der Waals surface area contributed by atoms with Gasteiger partial charge in [0.2, 0.25) is 0 Å². The highest BCUT2D eigenvalue weighted by Crippen LogP contribution is 2.18. The van der Waals surface area contributed by atoms with E-state index in [0.29, 0.717) is 6.04 Å². The lowest BCUT2D eigenvalue weighted by molar-refractivity contribution is 0.0697. The molecule has 0 amide bonds. The summed E-state index contributed by atoms with van der Waals surface area (Å²) in [5.74, 6) is -0.191. The van der Waals surface area contributed by atoms with Crippen LogP contribution in [0.5, 0.6) is 5.75 Å². The van der Waals surface area contributed by atoms with Crippen LogP contribution in [0.4, 0.5) is 0 Å². The molecule has 0 radical (unpaired) electrons. The lowest BCUT2D eigenvalue weighted by Gasteiger charge is -2.29. The van der Waals surface area contributed by atoms with Crippen molar-refractivity contribution >= 4 is 18.4 Å². The first-order chi connectivity index (χ1) is 8.66. The maximum absolute atomic E-state index is 10.7. The van der Waals surface area contributed by atoms with Gasteiger partial charge in [0.1, 0.15) is 11.9 Å². The third kappa shape index (κ3) is 4.40. The molecule has 1 aliphatic heterocycles. The Kier molecular flexibility index (Phi) is 6.12. The van der Waals surface area contributed by atoms with Crippen LogP contribution in [0, 0.1) is 0 Å². The number of rotatable bonds is 4. The van der Waals surface area contributed by atoms with Crippen molar-refractivity contribution in [3.05, 3.63) is 29.8 Å². The Morgan fingerprint density at radius 1 is 1.37 bits per heavy atom. The Balaban J connectivity index is 0.00000180.